The molecular formula is C23H25N6O8P. The largest absolute Gasteiger partial charge is 0.491 e. The quantitative estimate of drug-likeness (QED) is 0.221. The molecule has 1 saturated heterocycles. The molecule has 14 nitrogen and oxygen atoms in total. The van der Waals surface area contributed by atoms with Crippen molar-refractivity contribution in [3.05, 3.63) is 54.5 Å². The summed E-state index contributed by atoms with van der Waals surface area (Å²) in [6.45, 7) is -0.611. The van der Waals surface area contributed by atoms with Gasteiger partial charge in [-0.1, -0.05) is 24.6 Å². The first-order valence-corrected chi connectivity index (χ1v) is 13.3. The smallest absolute Gasteiger partial charge is 0.411 e. The van der Waals surface area contributed by atoms with Crippen molar-refractivity contribution in [1.82, 2.24) is 19.8 Å². The van der Waals surface area contributed by atoms with E-state index in [0.29, 0.717) is 18.4 Å². The number of ether oxygens (including phenoxy) is 1. The Kier molecular flexibility index (Phi) is 7.06. The van der Waals surface area contributed by atoms with Crippen molar-refractivity contribution < 1.29 is 38.2 Å². The van der Waals surface area contributed by atoms with Crippen LogP contribution >= 0.6 is 7.75 Å². The molecule has 1 saturated carbocycles. The fourth-order valence-electron chi connectivity index (χ4n) is 4.24. The summed E-state index contributed by atoms with van der Waals surface area (Å²) in [5, 5.41) is 37.9. The number of aromatic nitrogens is 3. The molecule has 0 unspecified atom stereocenters. The Bertz CT molecular complexity index is 1410. The lowest BCUT2D eigenvalue weighted by Crippen LogP contribution is -2.41. The van der Waals surface area contributed by atoms with E-state index in [1.807, 2.05) is 6.07 Å². The molecule has 2 fully saturated rings. The van der Waals surface area contributed by atoms with Crippen molar-refractivity contribution in [2.75, 3.05) is 12.3 Å². The van der Waals surface area contributed by atoms with Gasteiger partial charge in [-0.25, -0.2) is 14.1 Å². The lowest BCUT2D eigenvalue weighted by Gasteiger charge is -2.25. The van der Waals surface area contributed by atoms with E-state index in [9.17, 15) is 24.8 Å². The number of hydrogen-bond donors (Lipinski definition) is 4. The molecule has 1 aliphatic carbocycles. The van der Waals surface area contributed by atoms with E-state index in [1.165, 1.54) is 29.0 Å². The van der Waals surface area contributed by atoms with Crippen molar-refractivity contribution in [2.45, 2.75) is 43.2 Å². The first kappa shape index (κ1) is 26.1. The third-order valence-electron chi connectivity index (χ3n) is 6.56. The zero-order valence-corrected chi connectivity index (χ0v) is 20.8. The predicted octanol–water partition coefficient (Wildman–Crippen LogP) is 1.20. The minimum Gasteiger partial charge on any atom is -0.411 e. The Balaban J connectivity index is 1.35. The maximum atomic E-state index is 13.5. The summed E-state index contributed by atoms with van der Waals surface area (Å²) in [5.74, 6) is -0.629. The number of rotatable bonds is 9. The van der Waals surface area contributed by atoms with Crippen LogP contribution in [0.2, 0.25) is 0 Å². The molecule has 5 N–H and O–H groups in total. The number of nitrogens with two attached hydrogens (primary N) is 1. The van der Waals surface area contributed by atoms with E-state index in [4.69, 9.17) is 24.4 Å². The number of nitriles is 1. The van der Waals surface area contributed by atoms with E-state index in [-0.39, 0.29) is 23.2 Å². The molecule has 3 heterocycles. The average molecular weight is 544 g/mol. The second kappa shape index (κ2) is 10.3. The van der Waals surface area contributed by atoms with Crippen molar-refractivity contribution in [3.8, 4) is 11.8 Å². The SMILES string of the molecule is N#C[C@@]1(c2ccc3c(N)ncnn23)O[C@H](CO[P@](=O)(NOC(=O)C2CCC2)Oc2ccccc2)[C@@H](O)[C@H]1O. The number of carbonyl (C=O) groups is 1. The highest BCUT2D eigenvalue weighted by Crippen LogP contribution is 2.47. The molecule has 1 aliphatic heterocycles. The monoisotopic (exact) mass is 544 g/mol. The Labute approximate surface area is 216 Å². The molecule has 3 aromatic rings. The van der Waals surface area contributed by atoms with E-state index in [1.54, 1.807) is 24.3 Å². The number of aliphatic hydroxyl groups is 2. The topological polar surface area (TPSA) is 204 Å². The van der Waals surface area contributed by atoms with Gasteiger partial charge in [0.15, 0.2) is 5.82 Å². The average Bonchev–Trinajstić information content (AvgIpc) is 3.42. The van der Waals surface area contributed by atoms with Crippen molar-refractivity contribution in [3.63, 3.8) is 0 Å². The fourth-order valence-corrected chi connectivity index (χ4v) is 5.33. The van der Waals surface area contributed by atoms with Crippen LogP contribution in [0.1, 0.15) is 25.0 Å². The van der Waals surface area contributed by atoms with E-state index in [2.05, 4.69) is 15.3 Å². The van der Waals surface area contributed by atoms with Gasteiger partial charge < -0.3 is 30.0 Å². The summed E-state index contributed by atoms with van der Waals surface area (Å²) >= 11 is 0. The lowest BCUT2D eigenvalue weighted by atomic mass is 9.86. The number of nitrogens with zero attached hydrogens (tertiary/aromatic N) is 4. The molecule has 5 atom stereocenters. The van der Waals surface area contributed by atoms with E-state index in [0.717, 1.165) is 6.42 Å². The van der Waals surface area contributed by atoms with Crippen LogP contribution in [-0.2, 0) is 29.1 Å². The molecule has 2 aromatic heterocycles. The van der Waals surface area contributed by atoms with Gasteiger partial charge in [0, 0.05) is 0 Å². The minimum absolute atomic E-state index is 0.0921. The Hall–Kier alpha value is -3.57. The molecule has 0 radical (unpaired) electrons. The van der Waals surface area contributed by atoms with Crippen LogP contribution in [-0.4, -0.2) is 55.7 Å². The zero-order chi connectivity index (χ0) is 26.9. The van der Waals surface area contributed by atoms with Gasteiger partial charge in [0.05, 0.1) is 18.2 Å². The highest BCUT2D eigenvalue weighted by molar-refractivity contribution is 7.51. The van der Waals surface area contributed by atoms with Gasteiger partial charge >= 0.3 is 13.7 Å². The first-order valence-electron chi connectivity index (χ1n) is 11.8. The predicted molar refractivity (Wildman–Crippen MR) is 129 cm³/mol. The summed E-state index contributed by atoms with van der Waals surface area (Å²) in [7, 11) is -4.37. The molecule has 2 aliphatic rings. The summed E-state index contributed by atoms with van der Waals surface area (Å²) < 4.78 is 31.5. The van der Waals surface area contributed by atoms with Gasteiger partial charge in [-0.05, 0) is 42.4 Å². The summed E-state index contributed by atoms with van der Waals surface area (Å²) in [5.41, 5.74) is 4.25. The van der Waals surface area contributed by atoms with Crippen LogP contribution in [0.15, 0.2) is 48.8 Å². The number of fused-ring (bicyclic) bond motifs is 1. The standard InChI is InChI=1S/C23H25N6O8P/c24-12-23(18-10-9-16-21(25)26-13-27-29(16)18)20(31)19(30)17(35-23)11-34-38(33,37-15-7-2-1-3-8-15)28-36-22(32)14-5-4-6-14/h1-3,7-10,13-14,17,19-20,30-31H,4-6,11H2,(H,28,33)(H2,25,26,27)/t17-,19-,20-,23+,38-/m1/s1. The second-order valence-electron chi connectivity index (χ2n) is 8.94. The maximum Gasteiger partial charge on any atom is 0.491 e. The number of aliphatic hydroxyl groups excluding tert-OH is 2. The summed E-state index contributed by atoms with van der Waals surface area (Å²) in [6.07, 6.45) is -1.34. The van der Waals surface area contributed by atoms with E-state index < -0.39 is 44.2 Å². The Morgan fingerprint density at radius 2 is 2.05 bits per heavy atom. The number of anilines is 1. The second-order valence-corrected chi connectivity index (χ2v) is 10.6. The number of nitrogens with one attached hydrogen (secondary N) is 1. The molecule has 0 spiro atoms. The third kappa shape index (κ3) is 4.71. The number of para-hydroxylation sites is 1. The van der Waals surface area contributed by atoms with Crippen LogP contribution in [0.25, 0.3) is 5.52 Å². The number of benzene rings is 1. The first-order chi connectivity index (χ1) is 18.3. The normalized spacial score (nSPS) is 26.8. The fraction of sp³-hybridized carbons (Fsp3) is 0.391. The molecule has 0 amide bonds. The lowest BCUT2D eigenvalue weighted by molar-refractivity contribution is -0.156. The summed E-state index contributed by atoms with van der Waals surface area (Å²) in [4.78, 5) is 21.1. The van der Waals surface area contributed by atoms with E-state index >= 15 is 0 Å². The van der Waals surface area contributed by atoms with Crippen LogP contribution in [0, 0.1) is 17.2 Å². The maximum absolute atomic E-state index is 13.5. The van der Waals surface area contributed by atoms with Gasteiger partial charge in [0.1, 0.15) is 42.0 Å². The molecule has 0 bridgehead atoms. The minimum atomic E-state index is -4.37. The molecule has 38 heavy (non-hydrogen) atoms. The molecular weight excluding hydrogens is 519 g/mol. The van der Waals surface area contributed by atoms with Gasteiger partial charge in [-0.2, -0.15) is 10.4 Å². The number of hydrogen-bond acceptors (Lipinski definition) is 12. The van der Waals surface area contributed by atoms with Gasteiger partial charge in [0.2, 0.25) is 5.60 Å². The highest BCUT2D eigenvalue weighted by Gasteiger charge is 2.58. The highest BCUT2D eigenvalue weighted by atomic mass is 31.2. The van der Waals surface area contributed by atoms with Crippen molar-refractivity contribution in [2.24, 2.45) is 5.92 Å². The zero-order valence-electron chi connectivity index (χ0n) is 19.9. The van der Waals surface area contributed by atoms with Crippen molar-refractivity contribution >= 4 is 25.1 Å². The Morgan fingerprint density at radius 3 is 2.74 bits per heavy atom. The van der Waals surface area contributed by atoms with Gasteiger partial charge in [0.25, 0.3) is 0 Å². The molecule has 15 heteroatoms. The molecule has 200 valence electrons. The van der Waals surface area contributed by atoms with Crippen LogP contribution in [0.4, 0.5) is 5.82 Å². The summed E-state index contributed by atoms with van der Waals surface area (Å²) in [6, 6.07) is 12.9. The Morgan fingerprint density at radius 1 is 1.29 bits per heavy atom. The molecule has 5 rings (SSSR count). The van der Waals surface area contributed by atoms with Gasteiger partial charge in [-0.3, -0.25) is 9.32 Å². The van der Waals surface area contributed by atoms with Crippen LogP contribution in [0.3, 0.4) is 0 Å². The number of carbonyl (C=O) groups excluding carboxylic acids is 1. The van der Waals surface area contributed by atoms with Crippen LogP contribution in [0.5, 0.6) is 5.75 Å². The van der Waals surface area contributed by atoms with Gasteiger partial charge in [-0.15, -0.1) is 0 Å². The third-order valence-corrected chi connectivity index (χ3v) is 7.82. The van der Waals surface area contributed by atoms with Crippen LogP contribution < -0.4 is 15.5 Å². The van der Waals surface area contributed by atoms with Crippen molar-refractivity contribution in [1.29, 1.82) is 5.26 Å². The number of nitrogen functional groups attached to an aromatic ring is 1. The molecule has 1 aromatic carbocycles.